The number of nitrogens with one attached hydrogen (secondary N) is 1. The molecule has 1 aliphatic rings. The molecule has 2 amide bonds. The smallest absolute Gasteiger partial charge is 0.228 e. The minimum Gasteiger partial charge on any atom is -0.343 e. The third kappa shape index (κ3) is 3.74. The Bertz CT molecular complexity index is 556. The molecular weight excluding hydrogens is 288 g/mol. The van der Waals surface area contributed by atoms with Crippen molar-refractivity contribution in [3.05, 3.63) is 29.3 Å². The first kappa shape index (κ1) is 17.5. The number of hydrogen-bond acceptors (Lipinski definition) is 2. The van der Waals surface area contributed by atoms with E-state index < -0.39 is 0 Å². The van der Waals surface area contributed by atoms with Crippen molar-refractivity contribution in [3.8, 4) is 0 Å². The molecule has 1 aliphatic carbocycles. The van der Waals surface area contributed by atoms with Gasteiger partial charge in [-0.05, 0) is 44.2 Å². The molecule has 2 atom stereocenters. The van der Waals surface area contributed by atoms with E-state index in [4.69, 9.17) is 0 Å². The van der Waals surface area contributed by atoms with Crippen molar-refractivity contribution in [1.29, 1.82) is 0 Å². The Balaban J connectivity index is 2.06. The van der Waals surface area contributed by atoms with Crippen LogP contribution in [0.25, 0.3) is 0 Å². The number of amides is 2. The highest BCUT2D eigenvalue weighted by molar-refractivity contribution is 6.00. The Kier molecular flexibility index (Phi) is 5.80. The molecule has 23 heavy (non-hydrogen) atoms. The van der Waals surface area contributed by atoms with Crippen LogP contribution < -0.4 is 5.32 Å². The zero-order valence-electron chi connectivity index (χ0n) is 14.7. The summed E-state index contributed by atoms with van der Waals surface area (Å²) in [6.45, 7) is 9.55. The Hall–Kier alpha value is -1.84. The van der Waals surface area contributed by atoms with E-state index in [1.165, 1.54) is 0 Å². The van der Waals surface area contributed by atoms with Crippen LogP contribution in [0.2, 0.25) is 0 Å². The molecule has 1 saturated carbocycles. The number of rotatable bonds is 7. The molecule has 1 aromatic rings. The molecule has 1 fully saturated rings. The molecule has 0 bridgehead atoms. The normalized spacial score (nSPS) is 19.3. The molecule has 1 aromatic carbocycles. The van der Waals surface area contributed by atoms with Crippen LogP contribution >= 0.6 is 0 Å². The van der Waals surface area contributed by atoms with E-state index in [9.17, 15) is 9.59 Å². The molecule has 0 aromatic heterocycles. The quantitative estimate of drug-likeness (QED) is 0.839. The molecule has 126 valence electrons. The van der Waals surface area contributed by atoms with E-state index in [1.807, 2.05) is 24.8 Å². The minimum absolute atomic E-state index is 0.00824. The topological polar surface area (TPSA) is 49.4 Å². The zero-order valence-corrected chi connectivity index (χ0v) is 14.7. The molecule has 4 heteroatoms. The lowest BCUT2D eigenvalue weighted by Gasteiger charge is -2.18. The molecule has 0 radical (unpaired) electrons. The van der Waals surface area contributed by atoms with Crippen LogP contribution in [-0.2, 0) is 22.4 Å². The van der Waals surface area contributed by atoms with Gasteiger partial charge in [-0.2, -0.15) is 0 Å². The Labute approximate surface area is 139 Å². The number of anilines is 1. The van der Waals surface area contributed by atoms with Gasteiger partial charge in [-0.1, -0.05) is 32.0 Å². The van der Waals surface area contributed by atoms with Crippen LogP contribution in [0.3, 0.4) is 0 Å². The first-order valence-electron chi connectivity index (χ1n) is 8.77. The fraction of sp³-hybridized carbons (Fsp3) is 0.579. The van der Waals surface area contributed by atoms with Crippen LogP contribution in [-0.4, -0.2) is 29.8 Å². The lowest BCUT2D eigenvalue weighted by molar-refractivity contribution is -0.133. The number of benzene rings is 1. The van der Waals surface area contributed by atoms with Crippen molar-refractivity contribution < 1.29 is 9.59 Å². The highest BCUT2D eigenvalue weighted by Gasteiger charge is 2.49. The van der Waals surface area contributed by atoms with Gasteiger partial charge >= 0.3 is 0 Å². The van der Waals surface area contributed by atoms with Gasteiger partial charge in [-0.3, -0.25) is 9.59 Å². The van der Waals surface area contributed by atoms with E-state index in [0.717, 1.165) is 29.7 Å². The molecule has 2 unspecified atom stereocenters. The second-order valence-corrected chi connectivity index (χ2v) is 6.11. The van der Waals surface area contributed by atoms with Crippen LogP contribution in [0.1, 0.15) is 45.2 Å². The molecule has 0 saturated heterocycles. The van der Waals surface area contributed by atoms with Gasteiger partial charge in [-0.25, -0.2) is 0 Å². The van der Waals surface area contributed by atoms with E-state index in [-0.39, 0.29) is 23.7 Å². The number of para-hydroxylation sites is 1. The number of aryl methyl sites for hydroxylation is 2. The van der Waals surface area contributed by atoms with Gasteiger partial charge in [0, 0.05) is 18.8 Å². The third-order valence-corrected chi connectivity index (χ3v) is 4.77. The van der Waals surface area contributed by atoms with Gasteiger partial charge < -0.3 is 10.2 Å². The third-order valence-electron chi connectivity index (χ3n) is 4.77. The molecule has 2 rings (SSSR count). The highest BCUT2D eigenvalue weighted by Crippen LogP contribution is 2.41. The second kappa shape index (κ2) is 7.62. The average Bonchev–Trinajstić information content (AvgIpc) is 3.36. The van der Waals surface area contributed by atoms with Crippen molar-refractivity contribution in [2.45, 2.75) is 47.0 Å². The van der Waals surface area contributed by atoms with Gasteiger partial charge in [0.15, 0.2) is 0 Å². The van der Waals surface area contributed by atoms with Crippen LogP contribution in [0.5, 0.6) is 0 Å². The number of carbonyl (C=O) groups excluding carboxylic acids is 2. The maximum absolute atomic E-state index is 12.5. The molecule has 1 N–H and O–H groups in total. The summed E-state index contributed by atoms with van der Waals surface area (Å²) in [6.07, 6.45) is 2.45. The minimum atomic E-state index is -0.169. The predicted octanol–water partition coefficient (Wildman–Crippen LogP) is 3.25. The highest BCUT2D eigenvalue weighted by atomic mass is 16.2. The molecule has 4 nitrogen and oxygen atoms in total. The Morgan fingerprint density at radius 1 is 1.04 bits per heavy atom. The summed E-state index contributed by atoms with van der Waals surface area (Å²) in [5.41, 5.74) is 3.26. The first-order valence-corrected chi connectivity index (χ1v) is 8.77. The lowest BCUT2D eigenvalue weighted by atomic mass is 10.0. The molecule has 0 aliphatic heterocycles. The lowest BCUT2D eigenvalue weighted by Crippen LogP contribution is -2.33. The standard InChI is InChI=1S/C19H28N2O2/c1-5-13-10-9-11-14(6-2)17(13)20-18(22)15-12-16(15)19(23)21(7-3)8-4/h9-11,15-16H,5-8,12H2,1-4H3,(H,20,22). The van der Waals surface area contributed by atoms with Crippen LogP contribution in [0.15, 0.2) is 18.2 Å². The summed E-state index contributed by atoms with van der Waals surface area (Å²) in [7, 11) is 0. The van der Waals surface area contributed by atoms with Gasteiger partial charge in [0.25, 0.3) is 0 Å². The van der Waals surface area contributed by atoms with Crippen molar-refractivity contribution in [3.63, 3.8) is 0 Å². The first-order chi connectivity index (χ1) is 11.1. The van der Waals surface area contributed by atoms with Crippen molar-refractivity contribution in [1.82, 2.24) is 4.90 Å². The Morgan fingerprint density at radius 3 is 2.09 bits per heavy atom. The van der Waals surface area contributed by atoms with Gasteiger partial charge in [0.1, 0.15) is 0 Å². The SMILES string of the molecule is CCc1cccc(CC)c1NC(=O)C1CC1C(=O)N(CC)CC. The van der Waals surface area contributed by atoms with Crippen LogP contribution in [0, 0.1) is 11.8 Å². The Morgan fingerprint density at radius 2 is 1.61 bits per heavy atom. The summed E-state index contributed by atoms with van der Waals surface area (Å²) < 4.78 is 0. The summed E-state index contributed by atoms with van der Waals surface area (Å²) in [5.74, 6) is -0.188. The molecule has 0 spiro atoms. The van der Waals surface area contributed by atoms with E-state index in [1.54, 1.807) is 0 Å². The largest absolute Gasteiger partial charge is 0.343 e. The van der Waals surface area contributed by atoms with E-state index in [2.05, 4.69) is 31.3 Å². The summed E-state index contributed by atoms with van der Waals surface area (Å²) in [4.78, 5) is 26.7. The fourth-order valence-corrected chi connectivity index (χ4v) is 3.15. The summed E-state index contributed by atoms with van der Waals surface area (Å²) >= 11 is 0. The monoisotopic (exact) mass is 316 g/mol. The maximum atomic E-state index is 12.5. The predicted molar refractivity (Wildman–Crippen MR) is 93.4 cm³/mol. The number of carbonyl (C=O) groups is 2. The van der Waals surface area contributed by atoms with Crippen molar-refractivity contribution in [2.24, 2.45) is 11.8 Å². The molecule has 0 heterocycles. The number of hydrogen-bond donors (Lipinski definition) is 1. The molecular formula is C19H28N2O2. The maximum Gasteiger partial charge on any atom is 0.228 e. The second-order valence-electron chi connectivity index (χ2n) is 6.11. The average molecular weight is 316 g/mol. The van der Waals surface area contributed by atoms with E-state index >= 15 is 0 Å². The zero-order chi connectivity index (χ0) is 17.0. The van der Waals surface area contributed by atoms with Crippen molar-refractivity contribution >= 4 is 17.5 Å². The van der Waals surface area contributed by atoms with Gasteiger partial charge in [0.2, 0.25) is 11.8 Å². The van der Waals surface area contributed by atoms with Crippen molar-refractivity contribution in [2.75, 3.05) is 18.4 Å². The van der Waals surface area contributed by atoms with Crippen LogP contribution in [0.4, 0.5) is 5.69 Å². The number of nitrogens with zero attached hydrogens (tertiary/aromatic N) is 1. The van der Waals surface area contributed by atoms with Gasteiger partial charge in [0.05, 0.1) is 11.8 Å². The van der Waals surface area contributed by atoms with E-state index in [0.29, 0.717) is 19.5 Å². The van der Waals surface area contributed by atoms with Gasteiger partial charge in [-0.15, -0.1) is 0 Å². The summed E-state index contributed by atoms with van der Waals surface area (Å²) in [6, 6.07) is 6.15. The fourth-order valence-electron chi connectivity index (χ4n) is 3.15. The summed E-state index contributed by atoms with van der Waals surface area (Å²) in [5, 5.41) is 3.09.